The van der Waals surface area contributed by atoms with E-state index in [9.17, 15) is 9.90 Å². The summed E-state index contributed by atoms with van der Waals surface area (Å²) in [6.45, 7) is 7.54. The summed E-state index contributed by atoms with van der Waals surface area (Å²) in [4.78, 5) is 13.6. The second kappa shape index (κ2) is 9.08. The molecule has 4 nitrogen and oxygen atoms in total. The molecular formula is C27H33NO3Si. The van der Waals surface area contributed by atoms with E-state index < -0.39 is 14.4 Å². The number of hydrogen-bond donors (Lipinski definition) is 1. The van der Waals surface area contributed by atoms with Crippen molar-refractivity contribution in [1.82, 2.24) is 4.90 Å². The van der Waals surface area contributed by atoms with Crippen molar-refractivity contribution in [3.63, 3.8) is 0 Å². The molecule has 0 aromatic heterocycles. The first-order chi connectivity index (χ1) is 15.3. The SMILES string of the molecule is CC(C)(C)[Si](OCC1C=C(C2=CCCC2)CN1C(=O)O)(c1ccccc1)c1ccccc1. The second-order valence-corrected chi connectivity index (χ2v) is 14.1. The number of carbonyl (C=O) groups is 1. The van der Waals surface area contributed by atoms with Crippen LogP contribution in [0.5, 0.6) is 0 Å². The molecule has 0 saturated heterocycles. The predicted octanol–water partition coefficient (Wildman–Crippen LogP) is 4.96. The maximum atomic E-state index is 12.1. The van der Waals surface area contributed by atoms with Crippen LogP contribution in [0.3, 0.4) is 0 Å². The zero-order valence-corrected chi connectivity index (χ0v) is 20.3. The van der Waals surface area contributed by atoms with E-state index >= 15 is 0 Å². The zero-order valence-electron chi connectivity index (χ0n) is 19.3. The van der Waals surface area contributed by atoms with Crippen LogP contribution in [0.1, 0.15) is 40.0 Å². The van der Waals surface area contributed by atoms with Crippen LogP contribution in [0.2, 0.25) is 5.04 Å². The van der Waals surface area contributed by atoms with Crippen molar-refractivity contribution in [1.29, 1.82) is 0 Å². The lowest BCUT2D eigenvalue weighted by atomic mass is 10.1. The van der Waals surface area contributed by atoms with Gasteiger partial charge in [0, 0.05) is 6.54 Å². The Morgan fingerprint density at radius 2 is 1.62 bits per heavy atom. The molecule has 32 heavy (non-hydrogen) atoms. The molecule has 168 valence electrons. The molecule has 0 bridgehead atoms. The van der Waals surface area contributed by atoms with Gasteiger partial charge in [0.1, 0.15) is 0 Å². The van der Waals surface area contributed by atoms with Gasteiger partial charge in [0.15, 0.2) is 0 Å². The third-order valence-electron chi connectivity index (χ3n) is 6.72. The number of allylic oxidation sites excluding steroid dienone is 1. The fourth-order valence-electron chi connectivity index (χ4n) is 5.17. The van der Waals surface area contributed by atoms with Gasteiger partial charge in [-0.15, -0.1) is 0 Å². The summed E-state index contributed by atoms with van der Waals surface area (Å²) in [5, 5.41) is 12.2. The molecule has 0 spiro atoms. The van der Waals surface area contributed by atoms with Gasteiger partial charge in [-0.2, -0.15) is 0 Å². The van der Waals surface area contributed by atoms with E-state index in [2.05, 4.69) is 81.5 Å². The lowest BCUT2D eigenvalue weighted by Gasteiger charge is -2.43. The van der Waals surface area contributed by atoms with Gasteiger partial charge in [0.2, 0.25) is 0 Å². The Bertz CT molecular complexity index is 969. The summed E-state index contributed by atoms with van der Waals surface area (Å²) in [5.74, 6) is 0. The van der Waals surface area contributed by atoms with Gasteiger partial charge in [-0.1, -0.05) is 93.6 Å². The average Bonchev–Trinajstić information content (AvgIpc) is 3.45. The average molecular weight is 448 g/mol. The summed E-state index contributed by atoms with van der Waals surface area (Å²) >= 11 is 0. The lowest BCUT2D eigenvalue weighted by Crippen LogP contribution is -2.67. The molecule has 1 aliphatic heterocycles. The van der Waals surface area contributed by atoms with Crippen LogP contribution in [0.4, 0.5) is 4.79 Å². The van der Waals surface area contributed by atoms with Gasteiger partial charge in [-0.25, -0.2) is 4.79 Å². The van der Waals surface area contributed by atoms with Gasteiger partial charge in [0.05, 0.1) is 12.6 Å². The quantitative estimate of drug-likeness (QED) is 0.637. The maximum absolute atomic E-state index is 12.1. The largest absolute Gasteiger partial charge is 0.465 e. The molecule has 0 fully saturated rings. The monoisotopic (exact) mass is 447 g/mol. The molecule has 2 aromatic rings. The van der Waals surface area contributed by atoms with E-state index in [4.69, 9.17) is 4.43 Å². The third kappa shape index (κ3) is 4.19. The Kier molecular flexibility index (Phi) is 6.40. The molecule has 1 unspecified atom stereocenters. The molecule has 2 aromatic carbocycles. The van der Waals surface area contributed by atoms with Gasteiger partial charge in [0.25, 0.3) is 8.32 Å². The van der Waals surface area contributed by atoms with Crippen LogP contribution in [-0.2, 0) is 4.43 Å². The minimum Gasteiger partial charge on any atom is -0.465 e. The van der Waals surface area contributed by atoms with Crippen molar-refractivity contribution in [2.45, 2.75) is 51.1 Å². The molecule has 2 aliphatic rings. The van der Waals surface area contributed by atoms with Gasteiger partial charge in [-0.3, -0.25) is 4.90 Å². The van der Waals surface area contributed by atoms with Gasteiger partial charge >= 0.3 is 6.09 Å². The van der Waals surface area contributed by atoms with Crippen molar-refractivity contribution in [2.75, 3.05) is 13.2 Å². The molecule has 1 N–H and O–H groups in total. The summed E-state index contributed by atoms with van der Waals surface area (Å²) in [7, 11) is -2.70. The molecule has 1 aliphatic carbocycles. The fraction of sp³-hybridized carbons (Fsp3) is 0.370. The zero-order chi connectivity index (χ0) is 22.8. The maximum Gasteiger partial charge on any atom is 0.408 e. The molecule has 1 atom stereocenters. The molecule has 1 heterocycles. The summed E-state index contributed by atoms with van der Waals surface area (Å²) in [5.41, 5.74) is 2.46. The lowest BCUT2D eigenvalue weighted by molar-refractivity contribution is 0.127. The normalized spacial score (nSPS) is 19.1. The minimum absolute atomic E-state index is 0.136. The Morgan fingerprint density at radius 3 is 2.09 bits per heavy atom. The summed E-state index contributed by atoms with van der Waals surface area (Å²) in [6.07, 6.45) is 6.79. The molecule has 5 heteroatoms. The summed E-state index contributed by atoms with van der Waals surface area (Å²) < 4.78 is 7.01. The number of nitrogens with zero attached hydrogens (tertiary/aromatic N) is 1. The van der Waals surface area contributed by atoms with Crippen molar-refractivity contribution in [2.24, 2.45) is 0 Å². The van der Waals surface area contributed by atoms with E-state index in [1.807, 2.05) is 12.1 Å². The number of carboxylic acid groups (broad SMARTS) is 1. The van der Waals surface area contributed by atoms with Crippen LogP contribution < -0.4 is 10.4 Å². The van der Waals surface area contributed by atoms with Crippen molar-refractivity contribution in [3.8, 4) is 0 Å². The Hall–Kier alpha value is -2.63. The van der Waals surface area contributed by atoms with E-state index in [0.717, 1.165) is 24.8 Å². The summed E-state index contributed by atoms with van der Waals surface area (Å²) in [6, 6.07) is 20.7. The fourth-order valence-corrected chi connectivity index (χ4v) is 9.74. The van der Waals surface area contributed by atoms with Crippen molar-refractivity contribution < 1.29 is 14.3 Å². The first-order valence-electron chi connectivity index (χ1n) is 11.5. The molecular weight excluding hydrogens is 414 g/mol. The Labute approximate surface area is 192 Å². The standard InChI is InChI=1S/C27H33NO3Si/c1-27(2,3)32(24-14-6-4-7-15-24,25-16-8-5-9-17-25)31-20-23-18-22(19-28(23)26(29)30)21-12-10-11-13-21/h4-9,12,14-18,23H,10-11,13,19-20H2,1-3H3,(H,29,30). The highest BCUT2D eigenvalue weighted by Crippen LogP contribution is 2.38. The molecule has 0 radical (unpaired) electrons. The van der Waals surface area contributed by atoms with Crippen LogP contribution in [0, 0.1) is 0 Å². The topological polar surface area (TPSA) is 49.8 Å². The molecule has 1 amide bonds. The van der Waals surface area contributed by atoms with Gasteiger partial charge < -0.3 is 9.53 Å². The second-order valence-electron chi connectivity index (χ2n) is 9.77. The first-order valence-corrected chi connectivity index (χ1v) is 13.4. The molecule has 4 rings (SSSR count). The number of rotatable bonds is 6. The van der Waals surface area contributed by atoms with E-state index in [1.165, 1.54) is 20.8 Å². The number of benzene rings is 2. The molecule has 0 saturated carbocycles. The first kappa shape index (κ1) is 22.6. The van der Waals surface area contributed by atoms with E-state index in [1.54, 1.807) is 0 Å². The highest BCUT2D eigenvalue weighted by molar-refractivity contribution is 6.99. The highest BCUT2D eigenvalue weighted by Gasteiger charge is 2.50. The smallest absolute Gasteiger partial charge is 0.408 e. The van der Waals surface area contributed by atoms with Crippen LogP contribution in [-0.4, -0.2) is 43.6 Å². The Morgan fingerprint density at radius 1 is 1.03 bits per heavy atom. The Balaban J connectivity index is 1.72. The van der Waals surface area contributed by atoms with Crippen LogP contribution >= 0.6 is 0 Å². The van der Waals surface area contributed by atoms with Crippen molar-refractivity contribution >= 4 is 24.8 Å². The van der Waals surface area contributed by atoms with Crippen LogP contribution in [0.15, 0.2) is 84.0 Å². The predicted molar refractivity (Wildman–Crippen MR) is 132 cm³/mol. The van der Waals surface area contributed by atoms with E-state index in [0.29, 0.717) is 13.2 Å². The van der Waals surface area contributed by atoms with Crippen LogP contribution in [0.25, 0.3) is 0 Å². The van der Waals surface area contributed by atoms with E-state index in [-0.39, 0.29) is 11.1 Å². The number of hydrogen-bond acceptors (Lipinski definition) is 2. The van der Waals surface area contributed by atoms with Crippen molar-refractivity contribution in [3.05, 3.63) is 84.0 Å². The third-order valence-corrected chi connectivity index (χ3v) is 11.7. The number of amides is 1. The van der Waals surface area contributed by atoms with Gasteiger partial charge in [-0.05, 0) is 45.8 Å². The minimum atomic E-state index is -2.70. The highest BCUT2D eigenvalue weighted by atomic mass is 28.4.